The van der Waals surface area contributed by atoms with E-state index in [1.807, 2.05) is 36.4 Å². The first-order valence-corrected chi connectivity index (χ1v) is 7.91. The summed E-state index contributed by atoms with van der Waals surface area (Å²) in [5.41, 5.74) is 1.85. The van der Waals surface area contributed by atoms with Gasteiger partial charge in [0, 0.05) is 23.2 Å². The fraction of sp³-hybridized carbons (Fsp3) is 0.375. The second-order valence-corrected chi connectivity index (χ2v) is 6.48. The van der Waals surface area contributed by atoms with E-state index in [2.05, 4.69) is 38.4 Å². The molecule has 2 heterocycles. The van der Waals surface area contributed by atoms with Gasteiger partial charge in [0.2, 0.25) is 0 Å². The molecule has 1 saturated heterocycles. The van der Waals surface area contributed by atoms with Crippen LogP contribution in [0.15, 0.2) is 40.9 Å². The van der Waals surface area contributed by atoms with Gasteiger partial charge in [-0.15, -0.1) is 10.2 Å². The molecular formula is C16H18BrN3O. The summed E-state index contributed by atoms with van der Waals surface area (Å²) in [6.07, 6.45) is 2.22. The van der Waals surface area contributed by atoms with Crippen LogP contribution in [0.2, 0.25) is 0 Å². The lowest BCUT2D eigenvalue weighted by Crippen LogP contribution is -2.32. The van der Waals surface area contributed by atoms with Crippen molar-refractivity contribution in [1.82, 2.24) is 10.2 Å². The van der Waals surface area contributed by atoms with Crippen molar-refractivity contribution in [1.29, 1.82) is 0 Å². The average Bonchev–Trinajstić information content (AvgIpc) is 2.94. The fourth-order valence-electron chi connectivity index (χ4n) is 2.45. The summed E-state index contributed by atoms with van der Waals surface area (Å²) in [6, 6.07) is 12.0. The van der Waals surface area contributed by atoms with Gasteiger partial charge < -0.3 is 10.1 Å². The zero-order chi connectivity index (χ0) is 14.7. The highest BCUT2D eigenvalue weighted by Gasteiger charge is 2.29. The number of hydrogen-bond acceptors (Lipinski definition) is 4. The van der Waals surface area contributed by atoms with Gasteiger partial charge in [-0.1, -0.05) is 28.1 Å². The molecule has 1 fully saturated rings. The lowest BCUT2D eigenvalue weighted by molar-refractivity contribution is 0.0314. The molecule has 1 atom stereocenters. The van der Waals surface area contributed by atoms with Gasteiger partial charge in [0.05, 0.1) is 11.3 Å². The molecule has 1 N–H and O–H groups in total. The van der Waals surface area contributed by atoms with Gasteiger partial charge in [-0.3, -0.25) is 0 Å². The van der Waals surface area contributed by atoms with Gasteiger partial charge in [-0.05, 0) is 44.0 Å². The Morgan fingerprint density at radius 2 is 2.00 bits per heavy atom. The van der Waals surface area contributed by atoms with Crippen molar-refractivity contribution >= 4 is 21.7 Å². The highest BCUT2D eigenvalue weighted by atomic mass is 79.9. The molecule has 0 radical (unpaired) electrons. The van der Waals surface area contributed by atoms with E-state index in [1.54, 1.807) is 0 Å². The lowest BCUT2D eigenvalue weighted by atomic mass is 10.0. The summed E-state index contributed by atoms with van der Waals surface area (Å²) >= 11 is 3.43. The molecule has 0 aliphatic carbocycles. The third kappa shape index (κ3) is 3.60. The minimum Gasteiger partial charge on any atom is -0.373 e. The lowest BCUT2D eigenvalue weighted by Gasteiger charge is -2.23. The standard InChI is InChI=1S/C16H18BrN3O/c1-16(9-2-10-21-16)11-18-15-8-7-14(19-20-15)12-3-5-13(17)6-4-12/h3-8H,2,9-11H2,1H3,(H,18,20). The maximum Gasteiger partial charge on any atom is 0.148 e. The zero-order valence-corrected chi connectivity index (χ0v) is 13.6. The Kier molecular flexibility index (Phi) is 4.22. The van der Waals surface area contributed by atoms with Gasteiger partial charge in [0.1, 0.15) is 5.82 Å². The van der Waals surface area contributed by atoms with Gasteiger partial charge in [-0.25, -0.2) is 0 Å². The Hall–Kier alpha value is -1.46. The first-order chi connectivity index (χ1) is 10.1. The maximum absolute atomic E-state index is 5.75. The minimum absolute atomic E-state index is 0.0773. The third-order valence-corrected chi connectivity index (χ3v) is 4.28. The molecule has 0 amide bonds. The summed E-state index contributed by atoms with van der Waals surface area (Å²) < 4.78 is 6.81. The predicted molar refractivity (Wildman–Crippen MR) is 87.2 cm³/mol. The molecular weight excluding hydrogens is 330 g/mol. The van der Waals surface area contributed by atoms with E-state index in [-0.39, 0.29) is 5.60 Å². The fourth-order valence-corrected chi connectivity index (χ4v) is 2.72. The Labute approximate surface area is 133 Å². The molecule has 0 bridgehead atoms. The zero-order valence-electron chi connectivity index (χ0n) is 12.0. The quantitative estimate of drug-likeness (QED) is 0.911. The molecule has 1 aliphatic heterocycles. The molecule has 0 spiro atoms. The van der Waals surface area contributed by atoms with Gasteiger partial charge >= 0.3 is 0 Å². The molecule has 5 heteroatoms. The van der Waals surface area contributed by atoms with E-state index in [0.29, 0.717) is 0 Å². The SMILES string of the molecule is CC1(CNc2ccc(-c3ccc(Br)cc3)nn2)CCCO1. The number of ether oxygens (including phenoxy) is 1. The predicted octanol–water partition coefficient (Wildman–Crippen LogP) is 3.89. The third-order valence-electron chi connectivity index (χ3n) is 3.75. The smallest absolute Gasteiger partial charge is 0.148 e. The van der Waals surface area contributed by atoms with Crippen molar-refractivity contribution in [2.45, 2.75) is 25.4 Å². The normalized spacial score (nSPS) is 21.4. The largest absolute Gasteiger partial charge is 0.373 e. The summed E-state index contributed by atoms with van der Waals surface area (Å²) in [5.74, 6) is 0.785. The van der Waals surface area contributed by atoms with E-state index in [9.17, 15) is 0 Å². The maximum atomic E-state index is 5.75. The second-order valence-electron chi connectivity index (χ2n) is 5.57. The number of nitrogens with zero attached hydrogens (tertiary/aromatic N) is 2. The second kappa shape index (κ2) is 6.12. The Morgan fingerprint density at radius 3 is 2.62 bits per heavy atom. The van der Waals surface area contributed by atoms with Crippen LogP contribution in [-0.4, -0.2) is 29.0 Å². The average molecular weight is 348 g/mol. The monoisotopic (exact) mass is 347 g/mol. The molecule has 3 rings (SSSR count). The van der Waals surface area contributed by atoms with Crippen LogP contribution in [0.3, 0.4) is 0 Å². The van der Waals surface area contributed by atoms with Crippen LogP contribution in [0.5, 0.6) is 0 Å². The highest BCUT2D eigenvalue weighted by Crippen LogP contribution is 2.25. The van der Waals surface area contributed by atoms with Crippen molar-refractivity contribution in [2.75, 3.05) is 18.5 Å². The summed E-state index contributed by atoms with van der Waals surface area (Å²) in [4.78, 5) is 0. The van der Waals surface area contributed by atoms with Crippen LogP contribution in [-0.2, 0) is 4.74 Å². The Morgan fingerprint density at radius 1 is 1.19 bits per heavy atom. The molecule has 1 unspecified atom stereocenters. The van der Waals surface area contributed by atoms with Gasteiger partial charge in [-0.2, -0.15) is 0 Å². The van der Waals surface area contributed by atoms with Crippen molar-refractivity contribution in [3.05, 3.63) is 40.9 Å². The minimum atomic E-state index is -0.0773. The molecule has 2 aromatic rings. The van der Waals surface area contributed by atoms with E-state index in [1.165, 1.54) is 0 Å². The Bertz CT molecular complexity index is 592. The van der Waals surface area contributed by atoms with Crippen LogP contribution in [0.25, 0.3) is 11.3 Å². The van der Waals surface area contributed by atoms with Crippen LogP contribution in [0.1, 0.15) is 19.8 Å². The highest BCUT2D eigenvalue weighted by molar-refractivity contribution is 9.10. The number of halogens is 1. The number of benzene rings is 1. The summed E-state index contributed by atoms with van der Waals surface area (Å²) in [6.45, 7) is 3.75. The molecule has 1 aromatic heterocycles. The van der Waals surface area contributed by atoms with Crippen LogP contribution < -0.4 is 5.32 Å². The number of anilines is 1. The van der Waals surface area contributed by atoms with E-state index in [0.717, 1.165) is 47.5 Å². The number of hydrogen-bond donors (Lipinski definition) is 1. The van der Waals surface area contributed by atoms with E-state index < -0.39 is 0 Å². The van der Waals surface area contributed by atoms with Crippen LogP contribution >= 0.6 is 15.9 Å². The first kappa shape index (κ1) is 14.5. The molecule has 1 aromatic carbocycles. The number of aromatic nitrogens is 2. The first-order valence-electron chi connectivity index (χ1n) is 7.12. The van der Waals surface area contributed by atoms with Crippen molar-refractivity contribution < 1.29 is 4.74 Å². The molecule has 4 nitrogen and oxygen atoms in total. The topological polar surface area (TPSA) is 47.0 Å². The van der Waals surface area contributed by atoms with E-state index >= 15 is 0 Å². The van der Waals surface area contributed by atoms with Crippen LogP contribution in [0.4, 0.5) is 5.82 Å². The molecule has 1 aliphatic rings. The summed E-state index contributed by atoms with van der Waals surface area (Å²) in [7, 11) is 0. The van der Waals surface area contributed by atoms with Crippen molar-refractivity contribution in [3.8, 4) is 11.3 Å². The van der Waals surface area contributed by atoms with Gasteiger partial charge in [0.25, 0.3) is 0 Å². The van der Waals surface area contributed by atoms with Gasteiger partial charge in [0.15, 0.2) is 0 Å². The molecule has 110 valence electrons. The molecule has 21 heavy (non-hydrogen) atoms. The van der Waals surface area contributed by atoms with Crippen LogP contribution in [0, 0.1) is 0 Å². The molecule has 0 saturated carbocycles. The van der Waals surface area contributed by atoms with Crippen molar-refractivity contribution in [2.24, 2.45) is 0 Å². The number of rotatable bonds is 4. The van der Waals surface area contributed by atoms with E-state index in [4.69, 9.17) is 4.74 Å². The summed E-state index contributed by atoms with van der Waals surface area (Å²) in [5, 5.41) is 11.8. The number of nitrogens with one attached hydrogen (secondary N) is 1. The Balaban J connectivity index is 1.65. The van der Waals surface area contributed by atoms with Crippen molar-refractivity contribution in [3.63, 3.8) is 0 Å².